The van der Waals surface area contributed by atoms with Crippen molar-refractivity contribution in [1.29, 1.82) is 0 Å². The Morgan fingerprint density at radius 3 is 2.66 bits per heavy atom. The van der Waals surface area contributed by atoms with Crippen LogP contribution in [0.15, 0.2) is 54.6 Å². The van der Waals surface area contributed by atoms with Gasteiger partial charge in [-0.05, 0) is 67.5 Å². The van der Waals surface area contributed by atoms with Crippen LogP contribution in [0, 0.1) is 5.92 Å². The number of fused-ring (bicyclic) bond motifs is 1. The van der Waals surface area contributed by atoms with E-state index in [9.17, 15) is 5.11 Å². The van der Waals surface area contributed by atoms with Gasteiger partial charge in [-0.2, -0.15) is 0 Å². The third-order valence-electron chi connectivity index (χ3n) is 5.98. The molecule has 32 heavy (non-hydrogen) atoms. The number of β-amino-alcohol motifs (C(OH)–C–C–N with tert-alkyl or cyclic N) is 1. The van der Waals surface area contributed by atoms with Gasteiger partial charge in [-0.3, -0.25) is 4.84 Å². The lowest BCUT2D eigenvalue weighted by molar-refractivity contribution is -0.0196. The summed E-state index contributed by atoms with van der Waals surface area (Å²) in [4.78, 5) is 7.03. The van der Waals surface area contributed by atoms with Gasteiger partial charge in [-0.25, -0.2) is 5.90 Å². The molecule has 4 rings (SSSR count). The molecular weight excluding hydrogens is 420 g/mol. The van der Waals surface area contributed by atoms with Gasteiger partial charge < -0.3 is 15.2 Å². The quantitative estimate of drug-likeness (QED) is 0.345. The average molecular weight is 455 g/mol. The lowest BCUT2D eigenvalue weighted by atomic mass is 9.93. The van der Waals surface area contributed by atoms with Gasteiger partial charge in [0.1, 0.15) is 6.61 Å². The van der Waals surface area contributed by atoms with E-state index in [1.165, 1.54) is 34.1 Å². The normalized spacial score (nSPS) is 16.4. The van der Waals surface area contributed by atoms with Gasteiger partial charge in [0.05, 0.1) is 18.8 Å². The van der Waals surface area contributed by atoms with E-state index in [2.05, 4.69) is 67.7 Å². The molecule has 1 fully saturated rings. The van der Waals surface area contributed by atoms with E-state index in [4.69, 9.17) is 15.5 Å². The van der Waals surface area contributed by atoms with Crippen LogP contribution in [-0.2, 0) is 22.6 Å². The number of nitrogens with two attached hydrogens (primary N) is 1. The molecule has 1 aromatic heterocycles. The van der Waals surface area contributed by atoms with E-state index in [0.29, 0.717) is 25.7 Å². The van der Waals surface area contributed by atoms with Crippen molar-refractivity contribution in [3.63, 3.8) is 0 Å². The smallest absolute Gasteiger partial charge is 0.102 e. The highest BCUT2D eigenvalue weighted by Gasteiger charge is 2.34. The molecule has 0 saturated heterocycles. The van der Waals surface area contributed by atoms with E-state index >= 15 is 0 Å². The molecule has 6 heteroatoms. The summed E-state index contributed by atoms with van der Waals surface area (Å²) in [6.07, 6.45) is 2.74. The van der Waals surface area contributed by atoms with Crippen LogP contribution in [0.5, 0.6) is 0 Å². The Morgan fingerprint density at radius 1 is 1.12 bits per heavy atom. The number of hydrogen-bond acceptors (Lipinski definition) is 6. The minimum Gasteiger partial charge on any atom is -0.389 e. The SMILES string of the molecule is CC(C)(Cc1ccc2ccccc2c1)NC[C@@H](O)COC(c1ccc(CON)s1)C1CC1. The van der Waals surface area contributed by atoms with E-state index in [1.807, 2.05) is 6.07 Å². The molecule has 0 aliphatic heterocycles. The van der Waals surface area contributed by atoms with Crippen LogP contribution in [0.3, 0.4) is 0 Å². The molecule has 1 unspecified atom stereocenters. The van der Waals surface area contributed by atoms with Gasteiger partial charge in [-0.15, -0.1) is 11.3 Å². The van der Waals surface area contributed by atoms with Crippen molar-refractivity contribution in [2.75, 3.05) is 13.2 Å². The van der Waals surface area contributed by atoms with Crippen molar-refractivity contribution in [3.8, 4) is 0 Å². The second-order valence-corrected chi connectivity index (χ2v) is 10.7. The predicted octanol–water partition coefficient (Wildman–Crippen LogP) is 4.73. The number of thiophene rings is 1. The number of benzene rings is 2. The Bertz CT molecular complexity index is 1010. The van der Waals surface area contributed by atoms with Gasteiger partial charge in [0.25, 0.3) is 0 Å². The number of rotatable bonds is 12. The number of hydrogen-bond donors (Lipinski definition) is 3. The Balaban J connectivity index is 1.27. The van der Waals surface area contributed by atoms with Crippen LogP contribution >= 0.6 is 11.3 Å². The molecule has 0 amide bonds. The largest absolute Gasteiger partial charge is 0.389 e. The summed E-state index contributed by atoms with van der Waals surface area (Å²) in [5.74, 6) is 5.74. The second-order valence-electron chi connectivity index (χ2n) is 9.48. The topological polar surface area (TPSA) is 76.7 Å². The molecule has 2 atom stereocenters. The third-order valence-corrected chi connectivity index (χ3v) is 7.10. The molecule has 1 saturated carbocycles. The summed E-state index contributed by atoms with van der Waals surface area (Å²) in [6.45, 7) is 5.58. The van der Waals surface area contributed by atoms with Gasteiger partial charge >= 0.3 is 0 Å². The summed E-state index contributed by atoms with van der Waals surface area (Å²) in [6, 6.07) is 19.2. The van der Waals surface area contributed by atoms with Gasteiger partial charge in [0.15, 0.2) is 0 Å². The molecule has 4 N–H and O–H groups in total. The monoisotopic (exact) mass is 454 g/mol. The maximum atomic E-state index is 10.6. The summed E-state index contributed by atoms with van der Waals surface area (Å²) < 4.78 is 6.19. The number of aliphatic hydroxyl groups excluding tert-OH is 1. The number of aliphatic hydroxyl groups is 1. The minimum atomic E-state index is -0.557. The maximum absolute atomic E-state index is 10.6. The van der Waals surface area contributed by atoms with Crippen molar-refractivity contribution < 1.29 is 14.7 Å². The average Bonchev–Trinajstić information content (AvgIpc) is 3.51. The Morgan fingerprint density at radius 2 is 1.91 bits per heavy atom. The highest BCUT2D eigenvalue weighted by atomic mass is 32.1. The molecule has 172 valence electrons. The van der Waals surface area contributed by atoms with Crippen molar-refractivity contribution in [3.05, 3.63) is 69.9 Å². The van der Waals surface area contributed by atoms with Crippen molar-refractivity contribution in [2.24, 2.45) is 11.8 Å². The minimum absolute atomic E-state index is 0.0479. The summed E-state index contributed by atoms with van der Waals surface area (Å²) in [5.41, 5.74) is 1.15. The van der Waals surface area contributed by atoms with E-state index in [0.717, 1.165) is 11.3 Å². The fraction of sp³-hybridized carbons (Fsp3) is 0.462. The first-order chi connectivity index (χ1) is 15.4. The zero-order chi connectivity index (χ0) is 22.6. The molecule has 0 spiro atoms. The highest BCUT2D eigenvalue weighted by Crippen LogP contribution is 2.45. The van der Waals surface area contributed by atoms with E-state index in [-0.39, 0.29) is 11.6 Å². The third kappa shape index (κ3) is 6.38. The maximum Gasteiger partial charge on any atom is 0.102 e. The zero-order valence-corrected chi connectivity index (χ0v) is 19.7. The second kappa shape index (κ2) is 10.4. The van der Waals surface area contributed by atoms with Gasteiger partial charge in [-0.1, -0.05) is 42.5 Å². The zero-order valence-electron chi connectivity index (χ0n) is 18.9. The van der Waals surface area contributed by atoms with E-state index < -0.39 is 6.10 Å². The highest BCUT2D eigenvalue weighted by molar-refractivity contribution is 7.12. The molecule has 0 bridgehead atoms. The Hall–Kier alpha value is -1.80. The molecule has 5 nitrogen and oxygen atoms in total. The van der Waals surface area contributed by atoms with Crippen LogP contribution in [0.4, 0.5) is 0 Å². The van der Waals surface area contributed by atoms with Gasteiger partial charge in [0.2, 0.25) is 0 Å². The molecule has 1 aliphatic carbocycles. The summed E-state index contributed by atoms with van der Waals surface area (Å²) in [5, 5.41) is 16.6. The van der Waals surface area contributed by atoms with Gasteiger partial charge in [0, 0.05) is 21.8 Å². The number of nitrogens with one attached hydrogen (secondary N) is 1. The standard InChI is InChI=1S/C26H34N2O3S/c1-26(2,14-18-7-8-19-5-3-4-6-21(19)13-18)28-15-22(29)16-30-25(20-9-10-20)24-12-11-23(32-24)17-31-27/h3-8,11-13,20,22,25,28-29H,9-10,14-17,27H2,1-2H3/t22-,25?/m1/s1. The molecule has 1 aliphatic rings. The molecule has 0 radical (unpaired) electrons. The Labute approximate surface area is 194 Å². The first-order valence-electron chi connectivity index (χ1n) is 11.4. The molecule has 3 aromatic rings. The lowest BCUT2D eigenvalue weighted by Gasteiger charge is -2.28. The van der Waals surface area contributed by atoms with Crippen LogP contribution in [-0.4, -0.2) is 29.9 Å². The molecular formula is C26H34N2O3S. The van der Waals surface area contributed by atoms with Crippen LogP contribution in [0.25, 0.3) is 10.8 Å². The first-order valence-corrected chi connectivity index (χ1v) is 12.2. The first kappa shape index (κ1) is 23.4. The molecule has 2 aromatic carbocycles. The summed E-state index contributed by atoms with van der Waals surface area (Å²) in [7, 11) is 0. The lowest BCUT2D eigenvalue weighted by Crippen LogP contribution is -2.46. The summed E-state index contributed by atoms with van der Waals surface area (Å²) >= 11 is 1.68. The van der Waals surface area contributed by atoms with Crippen LogP contribution in [0.1, 0.15) is 48.1 Å². The van der Waals surface area contributed by atoms with Crippen molar-refractivity contribution in [1.82, 2.24) is 5.32 Å². The van der Waals surface area contributed by atoms with Crippen LogP contribution in [0.2, 0.25) is 0 Å². The van der Waals surface area contributed by atoms with Crippen molar-refractivity contribution in [2.45, 2.75) is 57.5 Å². The fourth-order valence-corrected chi connectivity index (χ4v) is 5.22. The fourth-order valence-electron chi connectivity index (χ4n) is 4.15. The van der Waals surface area contributed by atoms with Crippen molar-refractivity contribution >= 4 is 22.1 Å². The van der Waals surface area contributed by atoms with Crippen LogP contribution < -0.4 is 11.2 Å². The predicted molar refractivity (Wildman–Crippen MR) is 130 cm³/mol. The Kier molecular flexibility index (Phi) is 7.61. The van der Waals surface area contributed by atoms with E-state index in [1.54, 1.807) is 11.3 Å². The molecule has 1 heterocycles. The number of ether oxygens (including phenoxy) is 1.